The molecule has 114 valence electrons. The van der Waals surface area contributed by atoms with E-state index in [-0.39, 0.29) is 11.9 Å². The predicted octanol–water partition coefficient (Wildman–Crippen LogP) is 3.70. The van der Waals surface area contributed by atoms with Crippen molar-refractivity contribution in [3.63, 3.8) is 0 Å². The molecule has 2 heterocycles. The number of rotatable bonds is 4. The van der Waals surface area contributed by atoms with Gasteiger partial charge in [0.05, 0.1) is 22.0 Å². The number of nitrogens with zero attached hydrogens (tertiary/aromatic N) is 3. The number of carbonyl (C=O) groups excluding carboxylic acids is 1. The minimum atomic E-state index is -0.0450. The number of nitrogens with one attached hydrogen (secondary N) is 1. The van der Waals surface area contributed by atoms with E-state index in [0.29, 0.717) is 11.6 Å². The molecule has 1 atom stereocenters. The lowest BCUT2D eigenvalue weighted by Crippen LogP contribution is -2.17. The second-order valence-corrected chi connectivity index (χ2v) is 6.56. The fourth-order valence-electron chi connectivity index (χ4n) is 2.30. The third-order valence-electron chi connectivity index (χ3n) is 3.46. The van der Waals surface area contributed by atoms with E-state index in [9.17, 15) is 4.79 Å². The molecule has 3 rings (SSSR count). The summed E-state index contributed by atoms with van der Waals surface area (Å²) in [5, 5.41) is 7.87. The Kier molecular flexibility index (Phi) is 3.94. The van der Waals surface area contributed by atoms with E-state index < -0.39 is 0 Å². The van der Waals surface area contributed by atoms with Crippen LogP contribution in [0, 0.1) is 13.8 Å². The molecule has 0 bridgehead atoms. The highest BCUT2D eigenvalue weighted by molar-refractivity contribution is 7.22. The predicted molar refractivity (Wildman–Crippen MR) is 89.3 cm³/mol. The SMILES string of the molecule is Cc1ccc2nc(NC(=O)C[C@H](C)n3ccc(C)n3)sc2c1. The first-order valence-corrected chi connectivity index (χ1v) is 8.02. The average molecular weight is 314 g/mol. The molecule has 3 aromatic rings. The number of fused-ring (bicyclic) bond motifs is 1. The van der Waals surface area contributed by atoms with Gasteiger partial charge in [0.25, 0.3) is 0 Å². The summed E-state index contributed by atoms with van der Waals surface area (Å²) in [4.78, 5) is 16.6. The highest BCUT2D eigenvalue weighted by Gasteiger charge is 2.13. The largest absolute Gasteiger partial charge is 0.302 e. The van der Waals surface area contributed by atoms with Crippen LogP contribution in [0.3, 0.4) is 0 Å². The molecule has 6 heteroatoms. The van der Waals surface area contributed by atoms with Gasteiger partial charge in [-0.1, -0.05) is 17.4 Å². The lowest BCUT2D eigenvalue weighted by molar-refractivity contribution is -0.116. The van der Waals surface area contributed by atoms with Crippen LogP contribution in [0.4, 0.5) is 5.13 Å². The average Bonchev–Trinajstić information content (AvgIpc) is 3.03. The zero-order valence-corrected chi connectivity index (χ0v) is 13.6. The molecule has 0 spiro atoms. The Hall–Kier alpha value is -2.21. The van der Waals surface area contributed by atoms with Crippen molar-refractivity contribution >= 4 is 32.6 Å². The van der Waals surface area contributed by atoms with Crippen LogP contribution in [0.25, 0.3) is 10.2 Å². The summed E-state index contributed by atoms with van der Waals surface area (Å²) < 4.78 is 2.91. The number of hydrogen-bond donors (Lipinski definition) is 1. The Balaban J connectivity index is 1.67. The second-order valence-electron chi connectivity index (χ2n) is 5.53. The normalized spacial score (nSPS) is 12.5. The minimum absolute atomic E-state index is 0.0188. The zero-order valence-electron chi connectivity index (χ0n) is 12.8. The molecule has 1 N–H and O–H groups in total. The van der Waals surface area contributed by atoms with Crippen molar-refractivity contribution in [2.75, 3.05) is 5.32 Å². The number of aryl methyl sites for hydroxylation is 2. The highest BCUT2D eigenvalue weighted by Crippen LogP contribution is 2.27. The molecule has 0 saturated carbocycles. The van der Waals surface area contributed by atoms with E-state index in [0.717, 1.165) is 15.9 Å². The molecule has 0 saturated heterocycles. The summed E-state index contributed by atoms with van der Waals surface area (Å²) >= 11 is 1.50. The van der Waals surface area contributed by atoms with Gasteiger partial charge in [-0.2, -0.15) is 5.10 Å². The summed E-state index contributed by atoms with van der Waals surface area (Å²) in [6, 6.07) is 8.04. The Morgan fingerprint density at radius 1 is 1.36 bits per heavy atom. The van der Waals surface area contributed by atoms with Gasteiger partial charge >= 0.3 is 0 Å². The number of aromatic nitrogens is 3. The molecule has 1 aromatic carbocycles. The van der Waals surface area contributed by atoms with Crippen LogP contribution in [-0.2, 0) is 4.79 Å². The fourth-order valence-corrected chi connectivity index (χ4v) is 3.28. The summed E-state index contributed by atoms with van der Waals surface area (Å²) in [5.41, 5.74) is 3.06. The lowest BCUT2D eigenvalue weighted by atomic mass is 10.2. The van der Waals surface area contributed by atoms with Crippen molar-refractivity contribution in [1.29, 1.82) is 0 Å². The summed E-state index contributed by atoms with van der Waals surface area (Å²) in [5.74, 6) is -0.0450. The number of thiazole rings is 1. The monoisotopic (exact) mass is 314 g/mol. The van der Waals surface area contributed by atoms with Crippen molar-refractivity contribution in [1.82, 2.24) is 14.8 Å². The Morgan fingerprint density at radius 3 is 2.91 bits per heavy atom. The van der Waals surface area contributed by atoms with Gasteiger partial charge in [0.2, 0.25) is 5.91 Å². The van der Waals surface area contributed by atoms with Gasteiger partial charge in [-0.05, 0) is 44.5 Å². The van der Waals surface area contributed by atoms with Gasteiger partial charge < -0.3 is 5.32 Å². The number of hydrogen-bond acceptors (Lipinski definition) is 4. The smallest absolute Gasteiger partial charge is 0.228 e. The molecule has 0 aliphatic heterocycles. The van der Waals surface area contributed by atoms with Crippen LogP contribution in [0.1, 0.15) is 30.6 Å². The van der Waals surface area contributed by atoms with E-state index in [2.05, 4.69) is 21.5 Å². The van der Waals surface area contributed by atoms with E-state index in [4.69, 9.17) is 0 Å². The molecule has 0 radical (unpaired) electrons. The number of amides is 1. The molecule has 0 aliphatic carbocycles. The van der Waals surface area contributed by atoms with Crippen LogP contribution in [0.2, 0.25) is 0 Å². The number of carbonyl (C=O) groups is 1. The van der Waals surface area contributed by atoms with Crippen LogP contribution < -0.4 is 5.32 Å². The van der Waals surface area contributed by atoms with E-state index in [1.54, 1.807) is 0 Å². The Bertz CT molecular complexity index is 821. The zero-order chi connectivity index (χ0) is 15.7. The van der Waals surface area contributed by atoms with Crippen molar-refractivity contribution < 1.29 is 4.79 Å². The lowest BCUT2D eigenvalue weighted by Gasteiger charge is -2.11. The first-order chi connectivity index (χ1) is 10.5. The Labute approximate surface area is 133 Å². The van der Waals surface area contributed by atoms with Gasteiger partial charge in [0.15, 0.2) is 5.13 Å². The van der Waals surface area contributed by atoms with Crippen molar-refractivity contribution in [3.05, 3.63) is 41.7 Å². The standard InChI is InChI=1S/C16H18N4OS/c1-10-4-5-13-14(8-10)22-16(17-13)18-15(21)9-12(3)20-7-6-11(2)19-20/h4-8,12H,9H2,1-3H3,(H,17,18,21)/t12-/m0/s1. The van der Waals surface area contributed by atoms with E-state index in [1.807, 2.05) is 49.8 Å². The molecular weight excluding hydrogens is 296 g/mol. The minimum Gasteiger partial charge on any atom is -0.302 e. The van der Waals surface area contributed by atoms with Gasteiger partial charge in [0.1, 0.15) is 0 Å². The molecule has 0 fully saturated rings. The summed E-state index contributed by atoms with van der Waals surface area (Å²) in [6.45, 7) is 5.96. The molecule has 2 aromatic heterocycles. The van der Waals surface area contributed by atoms with E-state index >= 15 is 0 Å². The fraction of sp³-hybridized carbons (Fsp3) is 0.312. The maximum Gasteiger partial charge on any atom is 0.228 e. The molecule has 22 heavy (non-hydrogen) atoms. The van der Waals surface area contributed by atoms with Gasteiger partial charge in [-0.15, -0.1) is 0 Å². The van der Waals surface area contributed by atoms with Crippen LogP contribution in [-0.4, -0.2) is 20.7 Å². The number of anilines is 1. The van der Waals surface area contributed by atoms with Crippen molar-refractivity contribution in [3.8, 4) is 0 Å². The molecule has 1 amide bonds. The topological polar surface area (TPSA) is 59.8 Å². The quantitative estimate of drug-likeness (QED) is 0.799. The first kappa shape index (κ1) is 14.7. The summed E-state index contributed by atoms with van der Waals surface area (Å²) in [6.07, 6.45) is 2.27. The maximum atomic E-state index is 12.2. The Morgan fingerprint density at radius 2 is 2.18 bits per heavy atom. The third kappa shape index (κ3) is 3.17. The van der Waals surface area contributed by atoms with E-state index in [1.165, 1.54) is 16.9 Å². The van der Waals surface area contributed by atoms with Gasteiger partial charge in [0, 0.05) is 12.6 Å². The highest BCUT2D eigenvalue weighted by atomic mass is 32.1. The van der Waals surface area contributed by atoms with Crippen molar-refractivity contribution in [2.24, 2.45) is 0 Å². The van der Waals surface area contributed by atoms with Crippen LogP contribution in [0.5, 0.6) is 0 Å². The molecular formula is C16H18N4OS. The van der Waals surface area contributed by atoms with Crippen molar-refractivity contribution in [2.45, 2.75) is 33.2 Å². The molecule has 0 unspecified atom stereocenters. The third-order valence-corrected chi connectivity index (χ3v) is 4.40. The van der Waals surface area contributed by atoms with Crippen LogP contribution in [0.15, 0.2) is 30.5 Å². The van der Waals surface area contributed by atoms with Crippen LogP contribution >= 0.6 is 11.3 Å². The maximum absolute atomic E-state index is 12.2. The van der Waals surface area contributed by atoms with Gasteiger partial charge in [-0.3, -0.25) is 9.48 Å². The summed E-state index contributed by atoms with van der Waals surface area (Å²) in [7, 11) is 0. The second kappa shape index (κ2) is 5.88. The number of benzene rings is 1. The molecule has 5 nitrogen and oxygen atoms in total. The molecule has 0 aliphatic rings. The first-order valence-electron chi connectivity index (χ1n) is 7.20. The van der Waals surface area contributed by atoms with Gasteiger partial charge in [-0.25, -0.2) is 4.98 Å².